The summed E-state index contributed by atoms with van der Waals surface area (Å²) in [7, 11) is 0. The van der Waals surface area contributed by atoms with Gasteiger partial charge in [0, 0.05) is 11.8 Å². The van der Waals surface area contributed by atoms with E-state index in [9.17, 15) is 9.18 Å². The Hall–Kier alpha value is -2.69. The highest BCUT2D eigenvalue weighted by molar-refractivity contribution is 6.08. The molecule has 3 rings (SSSR count). The summed E-state index contributed by atoms with van der Waals surface area (Å²) >= 11 is 0. The fourth-order valence-electron chi connectivity index (χ4n) is 1.92. The molecule has 0 aliphatic carbocycles. The zero-order chi connectivity index (χ0) is 13.4. The van der Waals surface area contributed by atoms with Crippen LogP contribution < -0.4 is 5.73 Å². The molecule has 2 heterocycles. The summed E-state index contributed by atoms with van der Waals surface area (Å²) in [6, 6.07) is 9.45. The predicted molar refractivity (Wildman–Crippen MR) is 69.4 cm³/mol. The molecule has 0 fully saturated rings. The summed E-state index contributed by atoms with van der Waals surface area (Å²) in [4.78, 5) is 16.4. The molecule has 0 aliphatic rings. The van der Waals surface area contributed by atoms with Gasteiger partial charge < -0.3 is 5.73 Å². The van der Waals surface area contributed by atoms with Crippen LogP contribution in [0.5, 0.6) is 0 Å². The molecule has 0 unspecified atom stereocenters. The van der Waals surface area contributed by atoms with Gasteiger partial charge in [0.2, 0.25) is 5.78 Å². The number of carbonyl (C=O) groups excluding carboxylic acids is 1. The normalized spacial score (nSPS) is 10.8. The number of halogens is 1. The van der Waals surface area contributed by atoms with Gasteiger partial charge in [0.1, 0.15) is 17.2 Å². The maximum absolute atomic E-state index is 13.4. The Morgan fingerprint density at radius 2 is 2.11 bits per heavy atom. The van der Waals surface area contributed by atoms with E-state index in [2.05, 4.69) is 4.98 Å². The van der Waals surface area contributed by atoms with Crippen LogP contribution >= 0.6 is 0 Å². The second-order valence-electron chi connectivity index (χ2n) is 4.14. The van der Waals surface area contributed by atoms with Crippen molar-refractivity contribution in [2.24, 2.45) is 0 Å². The van der Waals surface area contributed by atoms with E-state index >= 15 is 0 Å². The number of hydrogen-bond acceptors (Lipinski definition) is 3. The topological polar surface area (TPSA) is 60.4 Å². The van der Waals surface area contributed by atoms with Crippen molar-refractivity contribution in [3.05, 3.63) is 65.9 Å². The van der Waals surface area contributed by atoms with Gasteiger partial charge in [-0.05, 0) is 30.3 Å². The molecule has 0 spiro atoms. The van der Waals surface area contributed by atoms with Crippen molar-refractivity contribution >= 4 is 17.1 Å². The van der Waals surface area contributed by atoms with Crippen molar-refractivity contribution in [1.82, 2.24) is 9.38 Å². The Bertz CT molecular complexity index is 779. The fraction of sp³-hybridized carbons (Fsp3) is 0. The van der Waals surface area contributed by atoms with Crippen LogP contribution in [0.4, 0.5) is 10.1 Å². The van der Waals surface area contributed by atoms with Gasteiger partial charge in [-0.1, -0.05) is 6.07 Å². The number of benzene rings is 1. The first-order valence-corrected chi connectivity index (χ1v) is 5.68. The van der Waals surface area contributed by atoms with E-state index in [1.54, 1.807) is 22.7 Å². The Labute approximate surface area is 108 Å². The first kappa shape index (κ1) is 11.4. The Morgan fingerprint density at radius 3 is 2.89 bits per heavy atom. The molecular formula is C14H10FN3O. The number of fused-ring (bicyclic) bond motifs is 1. The van der Waals surface area contributed by atoms with Crippen LogP contribution in [-0.4, -0.2) is 15.2 Å². The number of pyridine rings is 1. The van der Waals surface area contributed by atoms with E-state index in [0.29, 0.717) is 11.3 Å². The average molecular weight is 255 g/mol. The van der Waals surface area contributed by atoms with Gasteiger partial charge in [-0.25, -0.2) is 9.37 Å². The third-order valence-electron chi connectivity index (χ3n) is 2.91. The second-order valence-corrected chi connectivity index (χ2v) is 4.14. The molecule has 3 aromatic rings. The molecule has 2 aromatic heterocycles. The lowest BCUT2D eigenvalue weighted by molar-refractivity contribution is 0.103. The quantitative estimate of drug-likeness (QED) is 0.564. The first-order valence-electron chi connectivity index (χ1n) is 5.68. The molecule has 2 N–H and O–H groups in total. The molecular weight excluding hydrogens is 245 g/mol. The summed E-state index contributed by atoms with van der Waals surface area (Å²) in [6.07, 6.45) is 3.22. The van der Waals surface area contributed by atoms with Gasteiger partial charge in [0.05, 0.1) is 11.9 Å². The van der Waals surface area contributed by atoms with Gasteiger partial charge in [-0.2, -0.15) is 0 Å². The second kappa shape index (κ2) is 4.20. The summed E-state index contributed by atoms with van der Waals surface area (Å²) in [5, 5.41) is 0. The van der Waals surface area contributed by atoms with Crippen LogP contribution in [0, 0.1) is 5.82 Å². The number of imidazole rings is 1. The van der Waals surface area contributed by atoms with E-state index in [0.717, 1.165) is 6.07 Å². The van der Waals surface area contributed by atoms with Crippen LogP contribution in [-0.2, 0) is 0 Å². The smallest absolute Gasteiger partial charge is 0.211 e. The summed E-state index contributed by atoms with van der Waals surface area (Å²) in [5.41, 5.74) is 6.72. The van der Waals surface area contributed by atoms with Gasteiger partial charge in [-0.15, -0.1) is 0 Å². The monoisotopic (exact) mass is 255 g/mol. The summed E-state index contributed by atoms with van der Waals surface area (Å²) in [6.45, 7) is 0. The van der Waals surface area contributed by atoms with Gasteiger partial charge in [0.25, 0.3) is 0 Å². The summed E-state index contributed by atoms with van der Waals surface area (Å²) < 4.78 is 15.1. The number of nitrogens with two attached hydrogens (primary N) is 1. The van der Waals surface area contributed by atoms with Crippen molar-refractivity contribution < 1.29 is 9.18 Å². The third-order valence-corrected chi connectivity index (χ3v) is 2.91. The van der Waals surface area contributed by atoms with Crippen LogP contribution in [0.25, 0.3) is 5.65 Å². The SMILES string of the molecule is Nc1ccc(C(=O)c2cnc3ccccn23)cc1F. The van der Waals surface area contributed by atoms with Crippen molar-refractivity contribution in [3.8, 4) is 0 Å². The minimum absolute atomic E-state index is 0.0229. The van der Waals surface area contributed by atoms with E-state index in [4.69, 9.17) is 5.73 Å². The molecule has 5 heteroatoms. The Balaban J connectivity index is 2.11. The van der Waals surface area contributed by atoms with E-state index in [1.807, 2.05) is 6.07 Å². The van der Waals surface area contributed by atoms with Crippen LogP contribution in [0.1, 0.15) is 16.1 Å². The molecule has 0 radical (unpaired) electrons. The number of anilines is 1. The highest BCUT2D eigenvalue weighted by atomic mass is 19.1. The van der Waals surface area contributed by atoms with Crippen molar-refractivity contribution in [3.63, 3.8) is 0 Å². The van der Waals surface area contributed by atoms with Crippen molar-refractivity contribution in [1.29, 1.82) is 0 Å². The van der Waals surface area contributed by atoms with E-state index in [-0.39, 0.29) is 17.0 Å². The highest BCUT2D eigenvalue weighted by Crippen LogP contribution is 2.16. The van der Waals surface area contributed by atoms with Crippen LogP contribution in [0.3, 0.4) is 0 Å². The zero-order valence-corrected chi connectivity index (χ0v) is 9.88. The molecule has 1 aromatic carbocycles. The lowest BCUT2D eigenvalue weighted by atomic mass is 10.1. The molecule has 0 amide bonds. The molecule has 0 aliphatic heterocycles. The van der Waals surface area contributed by atoms with E-state index in [1.165, 1.54) is 18.3 Å². The average Bonchev–Trinajstić information content (AvgIpc) is 2.85. The fourth-order valence-corrected chi connectivity index (χ4v) is 1.92. The minimum Gasteiger partial charge on any atom is -0.396 e. The molecule has 0 atom stereocenters. The van der Waals surface area contributed by atoms with Gasteiger partial charge in [0.15, 0.2) is 0 Å². The summed E-state index contributed by atoms with van der Waals surface area (Å²) in [5.74, 6) is -0.891. The van der Waals surface area contributed by atoms with Crippen molar-refractivity contribution in [2.75, 3.05) is 5.73 Å². The zero-order valence-electron chi connectivity index (χ0n) is 9.88. The standard InChI is InChI=1S/C14H10FN3O/c15-10-7-9(4-5-11(10)16)14(19)12-8-17-13-3-1-2-6-18(12)13/h1-8H,16H2. The number of nitrogens with zero attached hydrogens (tertiary/aromatic N) is 2. The Morgan fingerprint density at radius 1 is 1.26 bits per heavy atom. The molecule has 0 bridgehead atoms. The number of nitrogen functional groups attached to an aromatic ring is 1. The lowest BCUT2D eigenvalue weighted by Gasteiger charge is -2.03. The van der Waals surface area contributed by atoms with Crippen molar-refractivity contribution in [2.45, 2.75) is 0 Å². The van der Waals surface area contributed by atoms with Gasteiger partial charge in [-0.3, -0.25) is 9.20 Å². The first-order chi connectivity index (χ1) is 9.16. The predicted octanol–water partition coefficient (Wildman–Crippen LogP) is 2.29. The number of aromatic nitrogens is 2. The molecule has 4 nitrogen and oxygen atoms in total. The highest BCUT2D eigenvalue weighted by Gasteiger charge is 2.15. The molecule has 94 valence electrons. The van der Waals surface area contributed by atoms with Gasteiger partial charge >= 0.3 is 0 Å². The molecule has 19 heavy (non-hydrogen) atoms. The largest absolute Gasteiger partial charge is 0.396 e. The molecule has 0 saturated heterocycles. The maximum atomic E-state index is 13.4. The number of hydrogen-bond donors (Lipinski definition) is 1. The maximum Gasteiger partial charge on any atom is 0.211 e. The number of carbonyl (C=O) groups is 1. The Kier molecular flexibility index (Phi) is 2.52. The van der Waals surface area contributed by atoms with Crippen LogP contribution in [0.15, 0.2) is 48.8 Å². The number of ketones is 1. The number of rotatable bonds is 2. The van der Waals surface area contributed by atoms with Crippen LogP contribution in [0.2, 0.25) is 0 Å². The lowest BCUT2D eigenvalue weighted by Crippen LogP contribution is -2.06. The molecule has 0 saturated carbocycles. The van der Waals surface area contributed by atoms with E-state index < -0.39 is 5.82 Å². The third kappa shape index (κ3) is 1.85. The minimum atomic E-state index is -0.598.